The van der Waals surface area contributed by atoms with E-state index in [0.29, 0.717) is 16.5 Å². The van der Waals surface area contributed by atoms with Crippen molar-refractivity contribution in [2.24, 2.45) is 5.84 Å². The van der Waals surface area contributed by atoms with E-state index < -0.39 is 0 Å². The van der Waals surface area contributed by atoms with Crippen LogP contribution in [-0.2, 0) is 6.42 Å². The molecule has 3 N–H and O–H groups in total. The van der Waals surface area contributed by atoms with Crippen LogP contribution in [-0.4, -0.2) is 10.2 Å². The largest absolute Gasteiger partial charge is 0.271 e. The van der Waals surface area contributed by atoms with E-state index in [-0.39, 0.29) is 11.9 Å². The third-order valence-electron chi connectivity index (χ3n) is 2.65. The molecular weight excluding hydrogens is 299 g/mol. The lowest BCUT2D eigenvalue weighted by atomic mass is 10.0. The Labute approximate surface area is 113 Å². The third kappa shape index (κ3) is 3.10. The molecule has 18 heavy (non-hydrogen) atoms. The van der Waals surface area contributed by atoms with Crippen LogP contribution in [0.1, 0.15) is 17.2 Å². The number of aromatic nitrogens is 2. The van der Waals surface area contributed by atoms with Gasteiger partial charge in [-0.15, -0.1) is 0 Å². The van der Waals surface area contributed by atoms with Crippen molar-refractivity contribution in [1.29, 1.82) is 0 Å². The van der Waals surface area contributed by atoms with Crippen molar-refractivity contribution in [3.8, 4) is 0 Å². The predicted octanol–water partition coefficient (Wildman–Crippen LogP) is 2.13. The molecular formula is C12H12BrFN4. The SMILES string of the molecule is NNC(Cc1ccc(Br)cc1F)c1ccnnc1. The fourth-order valence-electron chi connectivity index (χ4n) is 1.69. The van der Waals surface area contributed by atoms with Crippen LogP contribution >= 0.6 is 15.9 Å². The molecule has 4 nitrogen and oxygen atoms in total. The highest BCUT2D eigenvalue weighted by atomic mass is 79.9. The number of hydrazine groups is 1. The zero-order valence-corrected chi connectivity index (χ0v) is 11.1. The van der Waals surface area contributed by atoms with Gasteiger partial charge in [0.1, 0.15) is 5.82 Å². The van der Waals surface area contributed by atoms with Gasteiger partial charge in [-0.05, 0) is 35.7 Å². The van der Waals surface area contributed by atoms with E-state index in [0.717, 1.165) is 5.56 Å². The molecule has 0 saturated carbocycles. The van der Waals surface area contributed by atoms with E-state index in [1.54, 1.807) is 30.6 Å². The number of nitrogens with two attached hydrogens (primary N) is 1. The van der Waals surface area contributed by atoms with Gasteiger partial charge in [-0.1, -0.05) is 22.0 Å². The van der Waals surface area contributed by atoms with Gasteiger partial charge in [0.2, 0.25) is 0 Å². The summed E-state index contributed by atoms with van der Waals surface area (Å²) >= 11 is 3.23. The fraction of sp³-hybridized carbons (Fsp3) is 0.167. The first-order chi connectivity index (χ1) is 8.70. The Morgan fingerprint density at radius 1 is 1.33 bits per heavy atom. The van der Waals surface area contributed by atoms with Crippen molar-refractivity contribution in [2.75, 3.05) is 0 Å². The Balaban J connectivity index is 2.21. The maximum atomic E-state index is 13.7. The zero-order valence-electron chi connectivity index (χ0n) is 9.48. The molecule has 0 spiro atoms. The average molecular weight is 311 g/mol. The highest BCUT2D eigenvalue weighted by Crippen LogP contribution is 2.21. The summed E-state index contributed by atoms with van der Waals surface area (Å²) in [5.74, 6) is 5.24. The molecule has 0 fully saturated rings. The van der Waals surface area contributed by atoms with E-state index in [2.05, 4.69) is 31.6 Å². The molecule has 1 aromatic heterocycles. The maximum Gasteiger partial charge on any atom is 0.127 e. The summed E-state index contributed by atoms with van der Waals surface area (Å²) in [5, 5.41) is 7.48. The van der Waals surface area contributed by atoms with Gasteiger partial charge in [0, 0.05) is 10.7 Å². The molecule has 2 rings (SSSR count). The average Bonchev–Trinajstić information content (AvgIpc) is 2.39. The molecule has 1 atom stereocenters. The standard InChI is InChI=1S/C12H12BrFN4/c13-10-2-1-8(11(14)6-10)5-12(18-15)9-3-4-16-17-7-9/h1-4,6-7,12,18H,5,15H2. The van der Waals surface area contributed by atoms with Gasteiger partial charge in [-0.25, -0.2) is 4.39 Å². The second kappa shape index (κ2) is 5.99. The first-order valence-corrected chi connectivity index (χ1v) is 6.16. The van der Waals surface area contributed by atoms with Crippen LogP contribution in [0.15, 0.2) is 41.1 Å². The summed E-state index contributed by atoms with van der Waals surface area (Å²) in [4.78, 5) is 0. The number of rotatable bonds is 4. The highest BCUT2D eigenvalue weighted by molar-refractivity contribution is 9.10. The molecule has 0 aliphatic heterocycles. The Kier molecular flexibility index (Phi) is 4.35. The van der Waals surface area contributed by atoms with Gasteiger partial charge < -0.3 is 0 Å². The number of nitrogens with zero attached hydrogens (tertiary/aromatic N) is 2. The van der Waals surface area contributed by atoms with Gasteiger partial charge in [-0.3, -0.25) is 11.3 Å². The van der Waals surface area contributed by atoms with Crippen molar-refractivity contribution in [3.63, 3.8) is 0 Å². The number of hydrogen-bond acceptors (Lipinski definition) is 4. The molecule has 2 aromatic rings. The van der Waals surface area contributed by atoms with Crippen molar-refractivity contribution in [1.82, 2.24) is 15.6 Å². The Morgan fingerprint density at radius 2 is 2.17 bits per heavy atom. The summed E-state index contributed by atoms with van der Waals surface area (Å²) in [6, 6.07) is 6.58. The second-order valence-corrected chi connectivity index (χ2v) is 4.75. The summed E-state index contributed by atoms with van der Waals surface area (Å²) in [6.45, 7) is 0. The van der Waals surface area contributed by atoms with E-state index in [4.69, 9.17) is 5.84 Å². The number of hydrogen-bond donors (Lipinski definition) is 2. The van der Waals surface area contributed by atoms with E-state index in [1.807, 2.05) is 0 Å². The minimum absolute atomic E-state index is 0.198. The topological polar surface area (TPSA) is 63.8 Å². The Hall–Kier alpha value is -1.37. The number of nitrogens with one attached hydrogen (secondary N) is 1. The number of halogens is 2. The third-order valence-corrected chi connectivity index (χ3v) is 3.14. The molecule has 0 bridgehead atoms. The highest BCUT2D eigenvalue weighted by Gasteiger charge is 2.13. The minimum Gasteiger partial charge on any atom is -0.271 e. The van der Waals surface area contributed by atoms with E-state index in [9.17, 15) is 4.39 Å². The lowest BCUT2D eigenvalue weighted by Gasteiger charge is -2.16. The van der Waals surface area contributed by atoms with Gasteiger partial charge in [-0.2, -0.15) is 10.2 Å². The van der Waals surface area contributed by atoms with Crippen LogP contribution in [0.25, 0.3) is 0 Å². The van der Waals surface area contributed by atoms with Crippen LogP contribution in [0.5, 0.6) is 0 Å². The molecule has 0 aliphatic rings. The van der Waals surface area contributed by atoms with Gasteiger partial charge in [0.05, 0.1) is 12.2 Å². The summed E-state index contributed by atoms with van der Waals surface area (Å²) < 4.78 is 14.5. The molecule has 0 aliphatic carbocycles. The van der Waals surface area contributed by atoms with Crippen LogP contribution in [0.4, 0.5) is 4.39 Å². The maximum absolute atomic E-state index is 13.7. The molecule has 6 heteroatoms. The molecule has 0 saturated heterocycles. The van der Waals surface area contributed by atoms with Gasteiger partial charge in [0.15, 0.2) is 0 Å². The molecule has 1 heterocycles. The smallest absolute Gasteiger partial charge is 0.127 e. The Bertz CT molecular complexity index is 521. The first-order valence-electron chi connectivity index (χ1n) is 5.37. The van der Waals surface area contributed by atoms with Crippen LogP contribution in [0.3, 0.4) is 0 Å². The zero-order chi connectivity index (χ0) is 13.0. The lowest BCUT2D eigenvalue weighted by molar-refractivity contribution is 0.526. The van der Waals surface area contributed by atoms with Crippen molar-refractivity contribution in [2.45, 2.75) is 12.5 Å². The minimum atomic E-state index is -0.258. The molecule has 0 amide bonds. The summed E-state index contributed by atoms with van der Waals surface area (Å²) in [7, 11) is 0. The van der Waals surface area contributed by atoms with Crippen LogP contribution < -0.4 is 11.3 Å². The quantitative estimate of drug-likeness (QED) is 0.671. The molecule has 1 aromatic carbocycles. The summed E-state index contributed by atoms with van der Waals surface area (Å²) in [5.41, 5.74) is 4.13. The van der Waals surface area contributed by atoms with Crippen molar-refractivity contribution >= 4 is 15.9 Å². The normalized spacial score (nSPS) is 12.4. The summed E-state index contributed by atoms with van der Waals surface area (Å²) in [6.07, 6.45) is 3.64. The van der Waals surface area contributed by atoms with Crippen molar-refractivity contribution < 1.29 is 4.39 Å². The van der Waals surface area contributed by atoms with Gasteiger partial charge >= 0.3 is 0 Å². The second-order valence-electron chi connectivity index (χ2n) is 3.83. The van der Waals surface area contributed by atoms with E-state index >= 15 is 0 Å². The van der Waals surface area contributed by atoms with Gasteiger partial charge in [0.25, 0.3) is 0 Å². The molecule has 0 radical (unpaired) electrons. The molecule has 94 valence electrons. The van der Waals surface area contributed by atoms with Crippen molar-refractivity contribution in [3.05, 3.63) is 58.1 Å². The lowest BCUT2D eigenvalue weighted by Crippen LogP contribution is -2.30. The fourth-order valence-corrected chi connectivity index (χ4v) is 2.02. The predicted molar refractivity (Wildman–Crippen MR) is 69.9 cm³/mol. The van der Waals surface area contributed by atoms with Crippen LogP contribution in [0, 0.1) is 5.82 Å². The molecule has 1 unspecified atom stereocenters. The van der Waals surface area contributed by atoms with E-state index in [1.165, 1.54) is 6.07 Å². The Morgan fingerprint density at radius 3 is 2.78 bits per heavy atom. The number of benzene rings is 1. The monoisotopic (exact) mass is 310 g/mol. The first kappa shape index (κ1) is 13.1. The van der Waals surface area contributed by atoms with Crippen LogP contribution in [0.2, 0.25) is 0 Å².